The van der Waals surface area contributed by atoms with E-state index < -0.39 is 40.9 Å². The summed E-state index contributed by atoms with van der Waals surface area (Å²) in [4.78, 5) is 59.5. The number of carboxylic acids is 2. The third-order valence-corrected chi connectivity index (χ3v) is 10.4. The Morgan fingerprint density at radius 2 is 2.00 bits per heavy atom. The van der Waals surface area contributed by atoms with Crippen LogP contribution in [0.2, 0.25) is 0 Å². The van der Waals surface area contributed by atoms with E-state index in [2.05, 4.69) is 24.8 Å². The molecule has 0 saturated carbocycles. The van der Waals surface area contributed by atoms with Gasteiger partial charge in [-0.3, -0.25) is 14.5 Å². The summed E-state index contributed by atoms with van der Waals surface area (Å²) in [5, 5.41) is 43.0. The average Bonchev–Trinajstić information content (AvgIpc) is 3.67. The first-order valence-electron chi connectivity index (χ1n) is 11.9. The number of nitrogens with one attached hydrogen (secondary N) is 1. The Kier molecular flexibility index (Phi) is 8.55. The van der Waals surface area contributed by atoms with E-state index in [0.717, 1.165) is 39.5 Å². The zero-order valence-corrected chi connectivity index (χ0v) is 24.7. The van der Waals surface area contributed by atoms with Crippen LogP contribution < -0.4 is 21.5 Å². The fourth-order valence-corrected chi connectivity index (χ4v) is 8.36. The van der Waals surface area contributed by atoms with Crippen molar-refractivity contribution in [3.8, 4) is 0 Å². The first kappa shape index (κ1) is 30.2. The Hall–Kier alpha value is -4.25. The van der Waals surface area contributed by atoms with Gasteiger partial charge in [-0.05, 0) is 0 Å². The molecule has 3 aromatic rings. The molecule has 0 radical (unpaired) electrons. The van der Waals surface area contributed by atoms with E-state index in [4.69, 9.17) is 11.5 Å². The number of thiazole rings is 1. The number of nitrogen functional groups attached to an aromatic ring is 2. The molecule has 2 amide bonds. The maximum atomic E-state index is 13.0. The zero-order chi connectivity index (χ0) is 31.0. The number of carbonyl (C=O) groups is 4. The van der Waals surface area contributed by atoms with Crippen LogP contribution in [0, 0.1) is 0 Å². The summed E-state index contributed by atoms with van der Waals surface area (Å²) in [6, 6.07) is 0.469. The Morgan fingerprint density at radius 3 is 2.63 bits per heavy atom. The summed E-state index contributed by atoms with van der Waals surface area (Å²) in [7, 11) is 0. The van der Waals surface area contributed by atoms with Crippen molar-refractivity contribution in [1.29, 1.82) is 0 Å². The third kappa shape index (κ3) is 5.73. The molecule has 0 aliphatic carbocycles. The Balaban J connectivity index is 1.36. The Morgan fingerprint density at radius 1 is 1.23 bits per heavy atom. The molecule has 5 rings (SSSR count). The number of carboxylic acid groups (broad SMARTS) is 2. The lowest BCUT2D eigenvalue weighted by molar-refractivity contribution is -0.767. The highest BCUT2D eigenvalue weighted by Crippen LogP contribution is 2.46. The quantitative estimate of drug-likeness (QED) is 0.0409. The van der Waals surface area contributed by atoms with E-state index in [9.17, 15) is 39.7 Å². The van der Waals surface area contributed by atoms with Gasteiger partial charge in [0.1, 0.15) is 34.2 Å². The number of hydrogen-bond donors (Lipinski definition) is 7. The van der Waals surface area contributed by atoms with E-state index in [1.165, 1.54) is 11.8 Å². The molecule has 2 aliphatic rings. The second-order valence-electron chi connectivity index (χ2n) is 8.69. The monoisotopic (exact) mass is 669 g/mol. The van der Waals surface area contributed by atoms with E-state index in [1.807, 2.05) is 0 Å². The number of β-lactam (4-membered cyclic amide) rings is 1. The number of rotatable bonds is 11. The smallest absolute Gasteiger partial charge is 0.353 e. The molecule has 2 atom stereocenters. The number of carbonyl (C=O) groups excluding carboxylic acids is 2. The fraction of sp³-hybridized carbons (Fsp3) is 0.286. The maximum Gasteiger partial charge on any atom is 0.353 e. The molecule has 43 heavy (non-hydrogen) atoms. The first-order valence-corrected chi connectivity index (χ1v) is 15.4. The molecule has 1 unspecified atom stereocenters. The van der Waals surface area contributed by atoms with Crippen molar-refractivity contribution < 1.29 is 44.4 Å². The largest absolute Gasteiger partial charge is 0.477 e. The SMILES string of the molecule is Nc1nc(/C(=N/O)C(=O)N[C@@H]2C(=O)N3C(C(=O)O)=C(Sc4nc(C[n+]5ccc(N)n5CCO)c(C(=O)O)s4)CSC23)ns1. The van der Waals surface area contributed by atoms with Crippen molar-refractivity contribution in [1.82, 2.24) is 29.2 Å². The molecule has 0 aromatic carbocycles. The minimum absolute atomic E-state index is 0.0195. The van der Waals surface area contributed by atoms with Gasteiger partial charge in [0, 0.05) is 22.2 Å². The molecule has 226 valence electrons. The van der Waals surface area contributed by atoms with Gasteiger partial charge in [-0.2, -0.15) is 9.36 Å². The second-order valence-corrected chi connectivity index (χ2v) is 12.9. The number of aromatic nitrogens is 5. The summed E-state index contributed by atoms with van der Waals surface area (Å²) in [6.07, 6.45) is 1.62. The van der Waals surface area contributed by atoms with Gasteiger partial charge in [0.15, 0.2) is 21.5 Å². The molecular weight excluding hydrogens is 649 g/mol. The number of nitrogens with zero attached hydrogens (tertiary/aromatic N) is 7. The average molecular weight is 670 g/mol. The lowest BCUT2D eigenvalue weighted by Crippen LogP contribution is -2.71. The topological polar surface area (TPSA) is 276 Å². The van der Waals surface area contributed by atoms with Crippen molar-refractivity contribution in [3.63, 3.8) is 0 Å². The summed E-state index contributed by atoms with van der Waals surface area (Å²) >= 11 is 3.73. The second kappa shape index (κ2) is 12.2. The normalized spacial score (nSPS) is 18.4. The Labute approximate surface area is 256 Å². The van der Waals surface area contributed by atoms with Crippen LogP contribution in [-0.4, -0.2) is 97.7 Å². The number of fused-ring (bicyclic) bond motifs is 1. The van der Waals surface area contributed by atoms with Crippen LogP contribution >= 0.6 is 46.4 Å². The number of aliphatic hydroxyl groups is 1. The summed E-state index contributed by atoms with van der Waals surface area (Å²) in [5.41, 5.74) is 10.7. The van der Waals surface area contributed by atoms with Crippen molar-refractivity contribution >= 4 is 86.8 Å². The highest BCUT2D eigenvalue weighted by atomic mass is 32.2. The molecule has 1 fully saturated rings. The lowest BCUT2D eigenvalue weighted by atomic mass is 10.0. The predicted octanol–water partition coefficient (Wildman–Crippen LogP) is -1.35. The molecule has 18 nitrogen and oxygen atoms in total. The molecule has 2 aliphatic heterocycles. The van der Waals surface area contributed by atoms with Gasteiger partial charge < -0.3 is 37.3 Å². The molecule has 0 bridgehead atoms. The van der Waals surface area contributed by atoms with E-state index in [1.54, 1.807) is 21.6 Å². The van der Waals surface area contributed by atoms with Gasteiger partial charge in [0.05, 0.1) is 12.7 Å². The summed E-state index contributed by atoms with van der Waals surface area (Å²) < 4.78 is 7.21. The third-order valence-electron chi connectivity index (χ3n) is 6.12. The molecule has 5 heterocycles. The van der Waals surface area contributed by atoms with Crippen LogP contribution in [0.4, 0.5) is 10.9 Å². The maximum absolute atomic E-state index is 13.0. The molecular formula is C21H21N10O8S4+. The number of oxime groups is 1. The van der Waals surface area contributed by atoms with E-state index in [0.29, 0.717) is 5.82 Å². The number of amides is 2. The molecule has 3 aromatic heterocycles. The van der Waals surface area contributed by atoms with Crippen molar-refractivity contribution in [2.75, 3.05) is 23.8 Å². The molecule has 0 spiro atoms. The van der Waals surface area contributed by atoms with Crippen molar-refractivity contribution in [2.45, 2.75) is 28.8 Å². The van der Waals surface area contributed by atoms with Crippen LogP contribution in [0.25, 0.3) is 0 Å². The van der Waals surface area contributed by atoms with Crippen LogP contribution in [0.1, 0.15) is 21.2 Å². The van der Waals surface area contributed by atoms with Gasteiger partial charge >= 0.3 is 11.9 Å². The minimum Gasteiger partial charge on any atom is -0.477 e. The van der Waals surface area contributed by atoms with Crippen LogP contribution in [0.3, 0.4) is 0 Å². The van der Waals surface area contributed by atoms with Crippen molar-refractivity contribution in [3.05, 3.63) is 39.3 Å². The summed E-state index contributed by atoms with van der Waals surface area (Å²) in [6.45, 7) is 0.00339. The van der Waals surface area contributed by atoms with Crippen LogP contribution in [-0.2, 0) is 27.5 Å². The van der Waals surface area contributed by atoms with Gasteiger partial charge in [-0.15, -0.1) is 21.1 Å². The van der Waals surface area contributed by atoms with Gasteiger partial charge in [-0.1, -0.05) is 28.3 Å². The number of hydrogen-bond acceptors (Lipinski definition) is 16. The van der Waals surface area contributed by atoms with Gasteiger partial charge in [0.2, 0.25) is 18.1 Å². The molecule has 1 saturated heterocycles. The fourth-order valence-electron chi connectivity index (χ4n) is 4.28. The Bertz CT molecular complexity index is 1700. The van der Waals surface area contributed by atoms with Crippen LogP contribution in [0.15, 0.2) is 32.4 Å². The molecule has 22 heteroatoms. The van der Waals surface area contributed by atoms with E-state index >= 15 is 0 Å². The summed E-state index contributed by atoms with van der Waals surface area (Å²) in [5.74, 6) is -4.06. The number of aliphatic hydroxyl groups excluding tert-OH is 1. The van der Waals surface area contributed by atoms with Crippen LogP contribution in [0.5, 0.6) is 0 Å². The minimum atomic E-state index is -1.39. The molecule has 9 N–H and O–H groups in total. The number of aromatic carboxylic acids is 1. The highest BCUT2D eigenvalue weighted by Gasteiger charge is 2.54. The number of thioether (sulfide) groups is 2. The predicted molar refractivity (Wildman–Crippen MR) is 152 cm³/mol. The zero-order valence-electron chi connectivity index (χ0n) is 21.5. The standard InChI is InChI=1S/C21H20N10O8S4/c22-9-1-2-29(30(9)3-4-32)5-7-13(19(37)38)42-21(24-7)41-8-6-40-17-11(16(34)31(17)12(8)18(35)36)25-15(33)10(27-39)14-26-20(23)43-28-14/h1-2,11,17,22,32H,3-6H2,(H6,23,25,26,28,33,35,36,37,38,39)/p+1/t11-,17?/m1/s1. The van der Waals surface area contributed by atoms with Crippen molar-refractivity contribution in [2.24, 2.45) is 5.16 Å². The van der Waals surface area contributed by atoms with Gasteiger partial charge in [-0.25, -0.2) is 14.6 Å². The lowest BCUT2D eigenvalue weighted by Gasteiger charge is -2.49. The number of anilines is 2. The highest BCUT2D eigenvalue weighted by molar-refractivity contribution is 8.07. The number of nitrogens with two attached hydrogens (primary N) is 2. The van der Waals surface area contributed by atoms with E-state index in [-0.39, 0.29) is 61.9 Å². The van der Waals surface area contributed by atoms with Gasteiger partial charge in [0.25, 0.3) is 11.8 Å². The number of aliphatic carboxylic acids is 1. The first-order chi connectivity index (χ1) is 20.5.